The molecule has 0 fully saturated rings. The lowest BCUT2D eigenvalue weighted by atomic mass is 9.99. The van der Waals surface area contributed by atoms with Crippen LogP contribution in [0.1, 0.15) is 45.1 Å². The number of rotatable bonds is 9. The highest BCUT2D eigenvalue weighted by molar-refractivity contribution is 5.79. The molecule has 5 heteroatoms. The number of nitrogens with one attached hydrogen (secondary N) is 1. The number of benzene rings is 1. The highest BCUT2D eigenvalue weighted by Gasteiger charge is 2.20. The van der Waals surface area contributed by atoms with Crippen LogP contribution in [0, 0.1) is 5.92 Å². The van der Waals surface area contributed by atoms with Crippen LogP contribution in [0.5, 0.6) is 0 Å². The average molecular weight is 307 g/mol. The van der Waals surface area contributed by atoms with E-state index in [1.165, 1.54) is 0 Å². The summed E-state index contributed by atoms with van der Waals surface area (Å²) in [5.41, 5.74) is 0.862. The molecule has 0 bridgehead atoms. The summed E-state index contributed by atoms with van der Waals surface area (Å²) in [5, 5.41) is 11.6. The van der Waals surface area contributed by atoms with Crippen LogP contribution in [-0.2, 0) is 16.1 Å². The van der Waals surface area contributed by atoms with Crippen LogP contribution in [0.15, 0.2) is 30.3 Å². The van der Waals surface area contributed by atoms with E-state index in [2.05, 4.69) is 19.2 Å². The molecule has 0 aliphatic rings. The zero-order valence-corrected chi connectivity index (χ0v) is 13.2. The van der Waals surface area contributed by atoms with Gasteiger partial charge in [-0.25, -0.2) is 9.59 Å². The first kappa shape index (κ1) is 18.0. The lowest BCUT2D eigenvalue weighted by Crippen LogP contribution is -2.41. The topological polar surface area (TPSA) is 75.6 Å². The second-order valence-electron chi connectivity index (χ2n) is 5.54. The molecule has 1 aromatic rings. The minimum atomic E-state index is -1.03. The van der Waals surface area contributed by atoms with Gasteiger partial charge in [0.1, 0.15) is 12.6 Å². The van der Waals surface area contributed by atoms with Crippen LogP contribution in [0.3, 0.4) is 0 Å². The Labute approximate surface area is 131 Å². The molecule has 0 radical (unpaired) electrons. The van der Waals surface area contributed by atoms with Gasteiger partial charge in [-0.05, 0) is 17.9 Å². The molecule has 122 valence electrons. The Kier molecular flexibility index (Phi) is 8.04. The maximum atomic E-state index is 11.7. The summed E-state index contributed by atoms with van der Waals surface area (Å²) >= 11 is 0. The predicted molar refractivity (Wildman–Crippen MR) is 84.5 cm³/mol. The van der Waals surface area contributed by atoms with Gasteiger partial charge in [0.05, 0.1) is 0 Å². The Morgan fingerprint density at radius 3 is 2.50 bits per heavy atom. The zero-order valence-electron chi connectivity index (χ0n) is 13.2. The number of amides is 1. The molecule has 0 aliphatic carbocycles. The van der Waals surface area contributed by atoms with Crippen molar-refractivity contribution in [2.75, 3.05) is 0 Å². The third kappa shape index (κ3) is 7.11. The number of carboxylic acids is 1. The molecule has 0 aromatic heterocycles. The number of alkyl carbamates (subject to hydrolysis) is 1. The van der Waals surface area contributed by atoms with Crippen LogP contribution in [-0.4, -0.2) is 23.2 Å². The van der Waals surface area contributed by atoms with Crippen LogP contribution in [0.2, 0.25) is 0 Å². The van der Waals surface area contributed by atoms with E-state index in [0.717, 1.165) is 24.8 Å². The molecule has 2 N–H and O–H groups in total. The average Bonchev–Trinajstić information content (AvgIpc) is 2.52. The Bertz CT molecular complexity index is 461. The maximum Gasteiger partial charge on any atom is 0.408 e. The first-order valence-corrected chi connectivity index (χ1v) is 7.73. The van der Waals surface area contributed by atoms with Crippen LogP contribution < -0.4 is 5.32 Å². The summed E-state index contributed by atoms with van der Waals surface area (Å²) in [7, 11) is 0. The number of carboxylic acid groups (broad SMARTS) is 1. The van der Waals surface area contributed by atoms with Gasteiger partial charge in [-0.2, -0.15) is 0 Å². The van der Waals surface area contributed by atoms with Crippen molar-refractivity contribution in [3.05, 3.63) is 35.9 Å². The Balaban J connectivity index is 2.35. The van der Waals surface area contributed by atoms with E-state index in [4.69, 9.17) is 9.84 Å². The maximum absolute atomic E-state index is 11.7. The second-order valence-corrected chi connectivity index (χ2v) is 5.54. The summed E-state index contributed by atoms with van der Waals surface area (Å²) in [6, 6.07) is 8.37. The molecule has 1 amide bonds. The van der Waals surface area contributed by atoms with Crippen LogP contribution in [0.25, 0.3) is 0 Å². The molecule has 1 aromatic carbocycles. The molecule has 0 aliphatic heterocycles. The van der Waals surface area contributed by atoms with Crippen molar-refractivity contribution < 1.29 is 19.4 Å². The second kappa shape index (κ2) is 9.82. The largest absolute Gasteiger partial charge is 0.480 e. The van der Waals surface area contributed by atoms with Gasteiger partial charge in [-0.3, -0.25) is 0 Å². The number of ether oxygens (including phenoxy) is 1. The van der Waals surface area contributed by atoms with Gasteiger partial charge in [-0.15, -0.1) is 0 Å². The minimum absolute atomic E-state index is 0.131. The predicted octanol–water partition coefficient (Wildman–Crippen LogP) is 3.58. The van der Waals surface area contributed by atoms with E-state index in [9.17, 15) is 9.59 Å². The van der Waals surface area contributed by atoms with E-state index in [1.54, 1.807) is 0 Å². The summed E-state index contributed by atoms with van der Waals surface area (Å²) in [4.78, 5) is 22.9. The molecule has 2 unspecified atom stereocenters. The number of hydrogen-bond donors (Lipinski definition) is 2. The normalized spacial score (nSPS) is 13.2. The molecule has 0 spiro atoms. The van der Waals surface area contributed by atoms with Crippen molar-refractivity contribution in [1.29, 1.82) is 0 Å². The fourth-order valence-corrected chi connectivity index (χ4v) is 2.04. The molecule has 0 saturated carbocycles. The molecule has 2 atom stereocenters. The van der Waals surface area contributed by atoms with Crippen molar-refractivity contribution in [3.8, 4) is 0 Å². The number of hydrogen-bond acceptors (Lipinski definition) is 3. The Morgan fingerprint density at radius 2 is 1.91 bits per heavy atom. The highest BCUT2D eigenvalue weighted by atomic mass is 16.5. The SMILES string of the molecule is CCC(C)CCCC(NC(=O)OCc1ccccc1)C(=O)O. The fraction of sp³-hybridized carbons (Fsp3) is 0.529. The summed E-state index contributed by atoms with van der Waals surface area (Å²) < 4.78 is 5.04. The molecule has 0 saturated heterocycles. The van der Waals surface area contributed by atoms with Crippen molar-refractivity contribution in [1.82, 2.24) is 5.32 Å². The third-order valence-corrected chi connectivity index (χ3v) is 3.69. The number of carbonyl (C=O) groups excluding carboxylic acids is 1. The van der Waals surface area contributed by atoms with E-state index >= 15 is 0 Å². The van der Waals surface area contributed by atoms with Gasteiger partial charge >= 0.3 is 12.1 Å². The number of aliphatic carboxylic acids is 1. The fourth-order valence-electron chi connectivity index (χ4n) is 2.04. The Morgan fingerprint density at radius 1 is 1.23 bits per heavy atom. The third-order valence-electron chi connectivity index (χ3n) is 3.69. The van der Waals surface area contributed by atoms with Gasteiger partial charge in [0.25, 0.3) is 0 Å². The monoisotopic (exact) mass is 307 g/mol. The van der Waals surface area contributed by atoms with Crippen molar-refractivity contribution in [2.45, 2.75) is 52.2 Å². The summed E-state index contributed by atoms with van der Waals surface area (Å²) in [6.07, 6.45) is 2.52. The van der Waals surface area contributed by atoms with E-state index in [-0.39, 0.29) is 6.61 Å². The molecule has 1 rings (SSSR count). The van der Waals surface area contributed by atoms with Gasteiger partial charge < -0.3 is 15.2 Å². The quantitative estimate of drug-likeness (QED) is 0.731. The Hall–Kier alpha value is -2.04. The lowest BCUT2D eigenvalue weighted by Gasteiger charge is -2.15. The molecular weight excluding hydrogens is 282 g/mol. The van der Waals surface area contributed by atoms with Crippen LogP contribution in [0.4, 0.5) is 4.79 Å². The highest BCUT2D eigenvalue weighted by Crippen LogP contribution is 2.12. The lowest BCUT2D eigenvalue weighted by molar-refractivity contribution is -0.139. The first-order chi connectivity index (χ1) is 10.5. The summed E-state index contributed by atoms with van der Waals surface area (Å²) in [6.45, 7) is 4.38. The molecular formula is C17H25NO4. The molecule has 5 nitrogen and oxygen atoms in total. The van der Waals surface area contributed by atoms with Gasteiger partial charge in [-0.1, -0.05) is 63.4 Å². The van der Waals surface area contributed by atoms with Gasteiger partial charge in [0.2, 0.25) is 0 Å². The van der Waals surface area contributed by atoms with Crippen molar-refractivity contribution >= 4 is 12.1 Å². The number of carbonyl (C=O) groups is 2. The first-order valence-electron chi connectivity index (χ1n) is 7.73. The van der Waals surface area contributed by atoms with E-state index in [1.807, 2.05) is 30.3 Å². The standard InChI is InChI=1S/C17H25NO4/c1-3-13(2)8-7-11-15(16(19)20)18-17(21)22-12-14-9-5-4-6-10-14/h4-6,9-10,13,15H,3,7-8,11-12H2,1-2H3,(H,18,21)(H,19,20). The van der Waals surface area contributed by atoms with Crippen molar-refractivity contribution in [2.24, 2.45) is 5.92 Å². The minimum Gasteiger partial charge on any atom is -0.480 e. The summed E-state index contributed by atoms with van der Waals surface area (Å²) in [5.74, 6) is -0.458. The van der Waals surface area contributed by atoms with Gasteiger partial charge in [0.15, 0.2) is 0 Å². The van der Waals surface area contributed by atoms with Gasteiger partial charge in [0, 0.05) is 0 Å². The van der Waals surface area contributed by atoms with Crippen molar-refractivity contribution in [3.63, 3.8) is 0 Å². The molecule has 0 heterocycles. The zero-order chi connectivity index (χ0) is 16.4. The smallest absolute Gasteiger partial charge is 0.408 e. The van der Waals surface area contributed by atoms with E-state index < -0.39 is 18.1 Å². The molecule has 22 heavy (non-hydrogen) atoms. The van der Waals surface area contributed by atoms with E-state index in [0.29, 0.717) is 12.3 Å². The van der Waals surface area contributed by atoms with Crippen LogP contribution >= 0.6 is 0 Å².